The zero-order chi connectivity index (χ0) is 14.2. The van der Waals surface area contributed by atoms with Crippen molar-refractivity contribution in [2.75, 3.05) is 13.2 Å². The van der Waals surface area contributed by atoms with E-state index >= 15 is 0 Å². The summed E-state index contributed by atoms with van der Waals surface area (Å²) in [5, 5.41) is 2.64. The number of ketones is 1. The van der Waals surface area contributed by atoms with Crippen molar-refractivity contribution in [2.24, 2.45) is 5.41 Å². The van der Waals surface area contributed by atoms with Gasteiger partial charge in [-0.1, -0.05) is 39.8 Å². The molecule has 0 bridgehead atoms. The van der Waals surface area contributed by atoms with Crippen LogP contribution in [0.25, 0.3) is 0 Å². The molecule has 1 N–H and O–H groups in total. The zero-order valence-electron chi connectivity index (χ0n) is 12.1. The van der Waals surface area contributed by atoms with Gasteiger partial charge in [-0.05, 0) is 6.42 Å². The summed E-state index contributed by atoms with van der Waals surface area (Å²) < 4.78 is 5.39. The van der Waals surface area contributed by atoms with E-state index in [2.05, 4.69) is 5.32 Å². The van der Waals surface area contributed by atoms with E-state index in [9.17, 15) is 9.59 Å². The van der Waals surface area contributed by atoms with Gasteiger partial charge >= 0.3 is 0 Å². The van der Waals surface area contributed by atoms with Crippen molar-refractivity contribution in [1.82, 2.24) is 5.32 Å². The Balaban J connectivity index is 4.37. The van der Waals surface area contributed by atoms with Crippen LogP contribution in [0.4, 0.5) is 0 Å². The van der Waals surface area contributed by atoms with Crippen LogP contribution < -0.4 is 5.32 Å². The number of Topliss-reactive ketones (excluding diaryl/α,β-unsaturated/α-hetero) is 1. The molecule has 0 fully saturated rings. The normalized spacial score (nSPS) is 13.6. The van der Waals surface area contributed by atoms with Gasteiger partial charge in [-0.2, -0.15) is 0 Å². The lowest BCUT2D eigenvalue weighted by molar-refractivity contribution is -0.133. The highest BCUT2D eigenvalue weighted by Gasteiger charge is 2.30. The fourth-order valence-electron chi connectivity index (χ4n) is 1.44. The summed E-state index contributed by atoms with van der Waals surface area (Å²) in [5.74, 6) is -0.234. The van der Waals surface area contributed by atoms with Crippen LogP contribution in [0.1, 0.15) is 41.0 Å². The van der Waals surface area contributed by atoms with Crippen LogP contribution in [-0.2, 0) is 14.3 Å². The molecule has 18 heavy (non-hydrogen) atoms. The minimum absolute atomic E-state index is 0.0165. The van der Waals surface area contributed by atoms with Gasteiger partial charge in [0.1, 0.15) is 6.04 Å². The van der Waals surface area contributed by atoms with Crippen molar-refractivity contribution in [2.45, 2.75) is 47.1 Å². The second-order valence-electron chi connectivity index (χ2n) is 5.28. The van der Waals surface area contributed by atoms with Gasteiger partial charge in [0.15, 0.2) is 5.78 Å². The minimum atomic E-state index is -0.572. The molecule has 1 amide bonds. The number of nitrogens with one attached hydrogen (secondary N) is 1. The first-order valence-corrected chi connectivity index (χ1v) is 6.33. The van der Waals surface area contributed by atoms with E-state index in [4.69, 9.17) is 4.74 Å². The number of carbonyl (C=O) groups excluding carboxylic acids is 2. The molecule has 0 spiro atoms. The molecule has 0 saturated heterocycles. The molecule has 0 aliphatic carbocycles. The molecule has 4 heteroatoms. The Morgan fingerprint density at radius 3 is 2.33 bits per heavy atom. The zero-order valence-corrected chi connectivity index (χ0v) is 12.1. The average molecular weight is 255 g/mol. The van der Waals surface area contributed by atoms with Crippen LogP contribution in [0.2, 0.25) is 0 Å². The second-order valence-corrected chi connectivity index (χ2v) is 5.28. The van der Waals surface area contributed by atoms with Crippen molar-refractivity contribution in [3.63, 3.8) is 0 Å². The third-order valence-electron chi connectivity index (χ3n) is 2.33. The van der Waals surface area contributed by atoms with Gasteiger partial charge in [0.05, 0.1) is 13.2 Å². The third-order valence-corrected chi connectivity index (χ3v) is 2.33. The molecule has 0 rings (SSSR count). The third kappa shape index (κ3) is 7.22. The molecule has 0 aromatic rings. The number of carbonyl (C=O) groups is 2. The van der Waals surface area contributed by atoms with Gasteiger partial charge in [-0.25, -0.2) is 0 Å². The molecule has 0 aromatic heterocycles. The molecular formula is C14H25NO3. The number of hydrogen-bond acceptors (Lipinski definition) is 3. The quantitative estimate of drug-likeness (QED) is 0.560. The number of rotatable bonds is 7. The van der Waals surface area contributed by atoms with E-state index < -0.39 is 11.5 Å². The first-order valence-electron chi connectivity index (χ1n) is 6.33. The van der Waals surface area contributed by atoms with E-state index in [1.54, 1.807) is 0 Å². The fraction of sp³-hybridized carbons (Fsp3) is 0.714. The number of hydrogen-bond donors (Lipinski definition) is 1. The van der Waals surface area contributed by atoms with E-state index in [-0.39, 0.29) is 18.3 Å². The predicted molar refractivity (Wildman–Crippen MR) is 72.3 cm³/mol. The monoisotopic (exact) mass is 255 g/mol. The van der Waals surface area contributed by atoms with E-state index in [1.165, 1.54) is 6.92 Å². The Morgan fingerprint density at radius 1 is 1.28 bits per heavy atom. The Bertz CT molecular complexity index is 303. The van der Waals surface area contributed by atoms with Crippen molar-refractivity contribution >= 4 is 11.7 Å². The lowest BCUT2D eigenvalue weighted by Crippen LogP contribution is -2.47. The summed E-state index contributed by atoms with van der Waals surface area (Å²) >= 11 is 0. The largest absolute Gasteiger partial charge is 0.375 e. The molecule has 0 aromatic carbocycles. The molecular weight excluding hydrogens is 230 g/mol. The SMILES string of the molecule is CC/C=C\COC[C@@H](NC(C)=O)C(=O)C(C)(C)C. The molecule has 1 atom stereocenters. The molecule has 4 nitrogen and oxygen atoms in total. The number of ether oxygens (including phenoxy) is 1. The van der Waals surface area contributed by atoms with Crippen LogP contribution in [0, 0.1) is 5.41 Å². The Kier molecular flexibility index (Phi) is 7.51. The van der Waals surface area contributed by atoms with Crippen LogP contribution in [0.5, 0.6) is 0 Å². The highest BCUT2D eigenvalue weighted by Crippen LogP contribution is 2.17. The first-order chi connectivity index (χ1) is 8.29. The summed E-state index contributed by atoms with van der Waals surface area (Å²) in [6.45, 7) is 9.62. The van der Waals surface area contributed by atoms with Crippen molar-refractivity contribution < 1.29 is 14.3 Å². The minimum Gasteiger partial charge on any atom is -0.375 e. The predicted octanol–water partition coefficient (Wildman–Crippen LogP) is 2.09. The topological polar surface area (TPSA) is 55.4 Å². The van der Waals surface area contributed by atoms with E-state index in [1.807, 2.05) is 39.8 Å². The summed E-state index contributed by atoms with van der Waals surface area (Å²) in [7, 11) is 0. The average Bonchev–Trinajstić information content (AvgIpc) is 2.24. The van der Waals surface area contributed by atoms with E-state index in [0.717, 1.165) is 6.42 Å². The van der Waals surface area contributed by atoms with Crippen LogP contribution in [-0.4, -0.2) is 30.9 Å². The van der Waals surface area contributed by atoms with Gasteiger partial charge in [-0.15, -0.1) is 0 Å². The highest BCUT2D eigenvalue weighted by molar-refractivity contribution is 5.92. The molecule has 0 saturated carbocycles. The number of allylic oxidation sites excluding steroid dienone is 1. The van der Waals surface area contributed by atoms with Crippen molar-refractivity contribution in [3.05, 3.63) is 12.2 Å². The molecule has 104 valence electrons. The summed E-state index contributed by atoms with van der Waals surface area (Å²) in [6, 6.07) is -0.572. The molecule has 0 aliphatic rings. The Labute approximate surface area is 110 Å². The van der Waals surface area contributed by atoms with Gasteiger partial charge in [0.2, 0.25) is 5.91 Å². The lowest BCUT2D eigenvalue weighted by Gasteiger charge is -2.24. The van der Waals surface area contributed by atoms with Gasteiger partial charge in [-0.3, -0.25) is 9.59 Å². The standard InChI is InChI=1S/C14H25NO3/c1-6-7-8-9-18-10-12(15-11(2)16)13(17)14(3,4)5/h7-8,12H,6,9-10H2,1-5H3,(H,15,16)/b8-7-/t12-/m1/s1. The van der Waals surface area contributed by atoms with Crippen molar-refractivity contribution in [1.29, 1.82) is 0 Å². The number of amides is 1. The Morgan fingerprint density at radius 2 is 1.89 bits per heavy atom. The molecule has 0 aliphatic heterocycles. The first kappa shape index (κ1) is 16.8. The summed E-state index contributed by atoms with van der Waals surface area (Å²) in [6.07, 6.45) is 4.87. The van der Waals surface area contributed by atoms with E-state index in [0.29, 0.717) is 6.61 Å². The maximum atomic E-state index is 12.1. The van der Waals surface area contributed by atoms with Gasteiger partial charge < -0.3 is 10.1 Å². The van der Waals surface area contributed by atoms with Gasteiger partial charge in [0, 0.05) is 12.3 Å². The van der Waals surface area contributed by atoms with Crippen molar-refractivity contribution in [3.8, 4) is 0 Å². The summed E-state index contributed by atoms with van der Waals surface area (Å²) in [4.78, 5) is 23.2. The maximum Gasteiger partial charge on any atom is 0.217 e. The lowest BCUT2D eigenvalue weighted by atomic mass is 9.86. The maximum absolute atomic E-state index is 12.1. The second kappa shape index (κ2) is 8.03. The Hall–Kier alpha value is -1.16. The molecule has 0 heterocycles. The molecule has 0 radical (unpaired) electrons. The van der Waals surface area contributed by atoms with Crippen LogP contribution in [0.15, 0.2) is 12.2 Å². The van der Waals surface area contributed by atoms with Crippen LogP contribution in [0.3, 0.4) is 0 Å². The van der Waals surface area contributed by atoms with Crippen LogP contribution >= 0.6 is 0 Å². The summed E-state index contributed by atoms with van der Waals surface area (Å²) in [5.41, 5.74) is -0.490. The van der Waals surface area contributed by atoms with Gasteiger partial charge in [0.25, 0.3) is 0 Å². The molecule has 0 unspecified atom stereocenters. The highest BCUT2D eigenvalue weighted by atomic mass is 16.5. The smallest absolute Gasteiger partial charge is 0.217 e. The fourth-order valence-corrected chi connectivity index (χ4v) is 1.44.